The van der Waals surface area contributed by atoms with Crippen LogP contribution >= 0.6 is 0 Å². The van der Waals surface area contributed by atoms with Crippen molar-refractivity contribution in [3.8, 4) is 11.5 Å². The van der Waals surface area contributed by atoms with Crippen molar-refractivity contribution in [1.82, 2.24) is 9.97 Å². The van der Waals surface area contributed by atoms with Crippen molar-refractivity contribution >= 4 is 16.9 Å². The molecule has 4 aromatic rings. The largest absolute Gasteiger partial charge is 0.457 e. The number of esters is 1. The fraction of sp³-hybridized carbons (Fsp3) is 0.125. The van der Waals surface area contributed by atoms with Crippen LogP contribution in [0.3, 0.4) is 0 Å². The first-order valence-electron chi connectivity index (χ1n) is 9.67. The van der Waals surface area contributed by atoms with Gasteiger partial charge in [0, 0.05) is 11.1 Å². The van der Waals surface area contributed by atoms with E-state index >= 15 is 0 Å². The van der Waals surface area contributed by atoms with Crippen LogP contribution in [-0.4, -0.2) is 15.9 Å². The Hall–Kier alpha value is -3.93. The van der Waals surface area contributed by atoms with Gasteiger partial charge in [-0.2, -0.15) is 0 Å². The summed E-state index contributed by atoms with van der Waals surface area (Å²) < 4.78 is 11.7. The number of aromatic amines is 1. The molecule has 0 unspecified atom stereocenters. The van der Waals surface area contributed by atoms with E-state index in [1.165, 1.54) is 0 Å². The molecule has 0 saturated carbocycles. The van der Waals surface area contributed by atoms with Crippen LogP contribution < -0.4 is 10.3 Å². The van der Waals surface area contributed by atoms with Gasteiger partial charge < -0.3 is 14.5 Å². The average Bonchev–Trinajstić information content (AvgIpc) is 2.77. The predicted octanol–water partition coefficient (Wildman–Crippen LogP) is 4.47. The number of carbonyl (C=O) groups excluding carboxylic acids is 1. The number of para-hydroxylation sites is 3. The van der Waals surface area contributed by atoms with Gasteiger partial charge in [0.25, 0.3) is 5.56 Å². The second kappa shape index (κ2) is 7.15. The summed E-state index contributed by atoms with van der Waals surface area (Å²) in [6.45, 7) is 1.70. The van der Waals surface area contributed by atoms with Gasteiger partial charge in [0.1, 0.15) is 17.4 Å². The number of hydrogen-bond donors (Lipinski definition) is 1. The number of H-pyrrole nitrogens is 1. The lowest BCUT2D eigenvalue weighted by atomic mass is 9.88. The highest BCUT2D eigenvalue weighted by Gasteiger charge is 2.34. The van der Waals surface area contributed by atoms with Crippen LogP contribution in [0.4, 0.5) is 0 Å². The molecular formula is C24H18N2O4. The summed E-state index contributed by atoms with van der Waals surface area (Å²) in [5, 5.41) is 0.493. The van der Waals surface area contributed by atoms with Crippen molar-refractivity contribution < 1.29 is 14.3 Å². The molecule has 0 radical (unpaired) electrons. The Kier molecular flexibility index (Phi) is 4.32. The first kappa shape index (κ1) is 18.1. The summed E-state index contributed by atoms with van der Waals surface area (Å²) in [5.41, 5.74) is 1.78. The van der Waals surface area contributed by atoms with Gasteiger partial charge in [-0.05, 0) is 31.2 Å². The third-order valence-corrected chi connectivity index (χ3v) is 5.22. The molecule has 148 valence electrons. The monoisotopic (exact) mass is 398 g/mol. The topological polar surface area (TPSA) is 81.3 Å². The zero-order valence-corrected chi connectivity index (χ0v) is 16.2. The standard InChI is InChI=1S/C24H18N2O4/c1-14(22-25-18-11-5-2-8-15(18)23(27)26-22)29-24(28)21-16-9-3-6-12-19(16)30-20-13-7-4-10-17(20)21/h2-14,21H,1H3,(H,25,26,27)/t14-/m1/s1. The molecule has 30 heavy (non-hydrogen) atoms. The highest BCUT2D eigenvalue weighted by Crippen LogP contribution is 2.44. The van der Waals surface area contributed by atoms with Gasteiger partial charge in [0.15, 0.2) is 11.9 Å². The van der Waals surface area contributed by atoms with Crippen molar-refractivity contribution in [3.05, 3.63) is 100 Å². The molecule has 1 N–H and O–H groups in total. The predicted molar refractivity (Wildman–Crippen MR) is 112 cm³/mol. The second-order valence-corrected chi connectivity index (χ2v) is 7.16. The number of nitrogens with zero attached hydrogens (tertiary/aromatic N) is 1. The lowest BCUT2D eigenvalue weighted by molar-refractivity contribution is -0.149. The molecule has 1 aromatic heterocycles. The molecule has 0 amide bonds. The van der Waals surface area contributed by atoms with Crippen molar-refractivity contribution in [2.24, 2.45) is 0 Å². The Bertz CT molecular complexity index is 1280. The summed E-state index contributed by atoms with van der Waals surface area (Å²) in [6.07, 6.45) is -0.725. The van der Waals surface area contributed by atoms with E-state index in [2.05, 4.69) is 9.97 Å². The van der Waals surface area contributed by atoms with Gasteiger partial charge >= 0.3 is 5.97 Å². The zero-order chi connectivity index (χ0) is 20.7. The fourth-order valence-corrected chi connectivity index (χ4v) is 3.76. The van der Waals surface area contributed by atoms with Gasteiger partial charge in [-0.1, -0.05) is 48.5 Å². The molecule has 3 aromatic carbocycles. The van der Waals surface area contributed by atoms with Crippen LogP contribution in [0.15, 0.2) is 77.6 Å². The van der Waals surface area contributed by atoms with Crippen LogP contribution in [0.1, 0.15) is 35.9 Å². The van der Waals surface area contributed by atoms with Gasteiger partial charge in [0.05, 0.1) is 10.9 Å². The maximum absolute atomic E-state index is 13.3. The first-order valence-corrected chi connectivity index (χ1v) is 9.67. The smallest absolute Gasteiger partial charge is 0.318 e. The van der Waals surface area contributed by atoms with E-state index in [1.807, 2.05) is 54.6 Å². The van der Waals surface area contributed by atoms with Gasteiger partial charge in [-0.15, -0.1) is 0 Å². The molecule has 2 heterocycles. The Morgan fingerprint density at radius 1 is 0.967 bits per heavy atom. The maximum Gasteiger partial charge on any atom is 0.318 e. The van der Waals surface area contributed by atoms with E-state index in [9.17, 15) is 9.59 Å². The molecule has 5 rings (SSSR count). The molecule has 6 nitrogen and oxygen atoms in total. The van der Waals surface area contributed by atoms with Crippen LogP contribution in [0.5, 0.6) is 11.5 Å². The van der Waals surface area contributed by atoms with Crippen molar-refractivity contribution in [3.63, 3.8) is 0 Å². The molecule has 1 aliphatic rings. The summed E-state index contributed by atoms with van der Waals surface area (Å²) in [7, 11) is 0. The quantitative estimate of drug-likeness (QED) is 0.515. The maximum atomic E-state index is 13.3. The number of aromatic nitrogens is 2. The Morgan fingerprint density at radius 3 is 2.27 bits per heavy atom. The van der Waals surface area contributed by atoms with Crippen LogP contribution in [0, 0.1) is 0 Å². The molecule has 0 saturated heterocycles. The number of nitrogens with one attached hydrogen (secondary N) is 1. The number of ether oxygens (including phenoxy) is 2. The van der Waals surface area contributed by atoms with E-state index in [0.29, 0.717) is 28.2 Å². The highest BCUT2D eigenvalue weighted by molar-refractivity contribution is 5.85. The van der Waals surface area contributed by atoms with E-state index in [-0.39, 0.29) is 5.56 Å². The summed E-state index contributed by atoms with van der Waals surface area (Å²) >= 11 is 0. The average molecular weight is 398 g/mol. The Labute approximate surface area is 172 Å². The Balaban J connectivity index is 1.50. The second-order valence-electron chi connectivity index (χ2n) is 7.16. The molecule has 0 spiro atoms. The number of benzene rings is 3. The van der Waals surface area contributed by atoms with Gasteiger partial charge in [-0.25, -0.2) is 4.98 Å². The van der Waals surface area contributed by atoms with E-state index in [0.717, 1.165) is 11.1 Å². The van der Waals surface area contributed by atoms with Gasteiger partial charge in [0.2, 0.25) is 0 Å². The number of fused-ring (bicyclic) bond motifs is 3. The van der Waals surface area contributed by atoms with E-state index in [1.54, 1.807) is 25.1 Å². The minimum atomic E-state index is -0.725. The van der Waals surface area contributed by atoms with Crippen LogP contribution in [0.2, 0.25) is 0 Å². The lowest BCUT2D eigenvalue weighted by Crippen LogP contribution is -2.24. The van der Waals surface area contributed by atoms with Crippen molar-refractivity contribution in [2.45, 2.75) is 18.9 Å². The summed E-state index contributed by atoms with van der Waals surface area (Å²) in [5.74, 6) is 0.508. The molecule has 0 fully saturated rings. The first-order chi connectivity index (χ1) is 14.6. The van der Waals surface area contributed by atoms with Crippen molar-refractivity contribution in [2.75, 3.05) is 0 Å². The zero-order valence-electron chi connectivity index (χ0n) is 16.2. The molecule has 0 aliphatic carbocycles. The van der Waals surface area contributed by atoms with Crippen LogP contribution in [-0.2, 0) is 9.53 Å². The molecule has 6 heteroatoms. The molecule has 1 atom stereocenters. The number of rotatable bonds is 3. The third kappa shape index (κ3) is 3.03. The summed E-state index contributed by atoms with van der Waals surface area (Å²) in [4.78, 5) is 32.8. The SMILES string of the molecule is C[C@@H](OC(=O)C1c2ccccc2Oc2ccccc21)c1nc2ccccc2c(=O)[nH]1. The fourth-order valence-electron chi connectivity index (χ4n) is 3.76. The molecule has 0 bridgehead atoms. The molecular weight excluding hydrogens is 380 g/mol. The minimum Gasteiger partial charge on any atom is -0.457 e. The molecule has 1 aliphatic heterocycles. The third-order valence-electron chi connectivity index (χ3n) is 5.22. The number of carbonyl (C=O) groups is 1. The van der Waals surface area contributed by atoms with Crippen LogP contribution in [0.25, 0.3) is 10.9 Å². The lowest BCUT2D eigenvalue weighted by Gasteiger charge is -2.27. The summed E-state index contributed by atoms with van der Waals surface area (Å²) in [6, 6.07) is 21.9. The van der Waals surface area contributed by atoms with Gasteiger partial charge in [-0.3, -0.25) is 9.59 Å². The minimum absolute atomic E-state index is 0.264. The number of hydrogen-bond acceptors (Lipinski definition) is 5. The highest BCUT2D eigenvalue weighted by atomic mass is 16.5. The normalized spacial score (nSPS) is 13.8. The van der Waals surface area contributed by atoms with E-state index in [4.69, 9.17) is 9.47 Å². The Morgan fingerprint density at radius 2 is 1.57 bits per heavy atom. The van der Waals surface area contributed by atoms with E-state index < -0.39 is 18.0 Å². The van der Waals surface area contributed by atoms with Crippen molar-refractivity contribution in [1.29, 1.82) is 0 Å².